The zero-order valence-electron chi connectivity index (χ0n) is 15.9. The molecule has 2 aliphatic rings. The van der Waals surface area contributed by atoms with E-state index in [4.69, 9.17) is 4.74 Å². The van der Waals surface area contributed by atoms with Crippen molar-refractivity contribution >= 4 is 73.1 Å². The van der Waals surface area contributed by atoms with Crippen LogP contribution in [-0.2, 0) is 35.7 Å². The number of aromatic nitrogens is 2. The van der Waals surface area contributed by atoms with E-state index in [1.807, 2.05) is 4.72 Å². The third-order valence-corrected chi connectivity index (χ3v) is 6.27. The summed E-state index contributed by atoms with van der Waals surface area (Å²) in [6.07, 6.45) is 6.96. The number of sulfonamides is 1. The molecule has 28 heavy (non-hydrogen) atoms. The largest absolute Gasteiger partial charge is 0.481 e. The summed E-state index contributed by atoms with van der Waals surface area (Å²) in [5.41, 5.74) is 5.56. The topological polar surface area (TPSA) is 110 Å². The molecular formula is C18H20KN4O4S. The minimum atomic E-state index is -4.13. The van der Waals surface area contributed by atoms with Gasteiger partial charge in [0, 0.05) is 63.1 Å². The van der Waals surface area contributed by atoms with Crippen molar-refractivity contribution < 1.29 is 17.9 Å². The zero-order valence-corrected chi connectivity index (χ0v) is 19.8. The number of nitrogens with one attached hydrogen (secondary N) is 2. The van der Waals surface area contributed by atoms with Crippen molar-refractivity contribution in [1.29, 1.82) is 0 Å². The molecule has 0 saturated carbocycles. The van der Waals surface area contributed by atoms with E-state index in [1.54, 1.807) is 0 Å². The van der Waals surface area contributed by atoms with Gasteiger partial charge in [-0.2, -0.15) is 8.42 Å². The number of benzene rings is 1. The van der Waals surface area contributed by atoms with Gasteiger partial charge in [-0.1, -0.05) is 6.07 Å². The summed E-state index contributed by atoms with van der Waals surface area (Å²) in [4.78, 5) is 20.0. The Kier molecular flexibility index (Phi) is 6.78. The molecular weight excluding hydrogens is 407 g/mol. The Labute approximate surface area is 206 Å². The van der Waals surface area contributed by atoms with Gasteiger partial charge < -0.3 is 10.1 Å². The van der Waals surface area contributed by atoms with E-state index in [1.165, 1.54) is 18.2 Å². The zero-order chi connectivity index (χ0) is 19.0. The Morgan fingerprint density at radius 2 is 1.68 bits per heavy atom. The van der Waals surface area contributed by atoms with Crippen LogP contribution in [0.2, 0.25) is 0 Å². The average molecular weight is 428 g/mol. The first kappa shape index (κ1) is 21.7. The molecule has 0 spiro atoms. The number of aryl methyl sites for hydroxylation is 2. The van der Waals surface area contributed by atoms with Gasteiger partial charge in [-0.25, -0.2) is 19.5 Å². The van der Waals surface area contributed by atoms with Gasteiger partial charge in [-0.15, -0.1) is 0 Å². The number of hydrogen-bond donors (Lipinski definition) is 2. The predicted molar refractivity (Wildman–Crippen MR) is 104 cm³/mol. The summed E-state index contributed by atoms with van der Waals surface area (Å²) in [6, 6.07) is 2.62. The summed E-state index contributed by atoms with van der Waals surface area (Å²) in [7, 11) is -2.76. The molecule has 2 aliphatic carbocycles. The van der Waals surface area contributed by atoms with Crippen LogP contribution in [0.3, 0.4) is 0 Å². The SMILES string of the molecule is COc1cc(S(=O)(=O)NC(=O)Nc2c3c(cc4c2CCC4)CCC3)ncn1.[K]. The maximum atomic E-state index is 12.5. The maximum Gasteiger partial charge on any atom is 0.333 e. The summed E-state index contributed by atoms with van der Waals surface area (Å²) in [6.45, 7) is 0. The third-order valence-electron chi connectivity index (χ3n) is 5.04. The van der Waals surface area contributed by atoms with Crippen molar-refractivity contribution in [3.63, 3.8) is 0 Å². The van der Waals surface area contributed by atoms with Gasteiger partial charge in [0.2, 0.25) is 5.88 Å². The molecule has 2 N–H and O–H groups in total. The molecule has 0 fully saturated rings. The van der Waals surface area contributed by atoms with Crippen LogP contribution in [0.5, 0.6) is 5.88 Å². The molecule has 1 aromatic carbocycles. The molecule has 143 valence electrons. The Balaban J connectivity index is 0.00000225. The summed E-state index contributed by atoms with van der Waals surface area (Å²) in [5, 5.41) is 2.47. The second-order valence-corrected chi connectivity index (χ2v) is 8.32. The Hall–Kier alpha value is -1.04. The molecule has 0 atom stereocenters. The van der Waals surface area contributed by atoms with Gasteiger partial charge in [-0.05, 0) is 60.8 Å². The van der Waals surface area contributed by atoms with Gasteiger partial charge in [-0.3, -0.25) is 0 Å². The van der Waals surface area contributed by atoms with Crippen LogP contribution < -0.4 is 14.8 Å². The number of urea groups is 1. The minimum absolute atomic E-state index is 0. The fraction of sp³-hybridized carbons (Fsp3) is 0.389. The number of nitrogens with zero attached hydrogens (tertiary/aromatic N) is 2. The van der Waals surface area contributed by atoms with Crippen LogP contribution in [0, 0.1) is 0 Å². The number of carbonyl (C=O) groups excluding carboxylic acids is 1. The Morgan fingerprint density at radius 3 is 2.29 bits per heavy atom. The molecule has 1 heterocycles. The second kappa shape index (κ2) is 8.76. The number of amides is 2. The maximum absolute atomic E-state index is 12.5. The van der Waals surface area contributed by atoms with Crippen LogP contribution in [0.1, 0.15) is 35.1 Å². The number of carbonyl (C=O) groups is 1. The molecule has 2 aromatic rings. The molecule has 0 bridgehead atoms. The standard InChI is InChI=1S/C18H20N4O4S.K/c1-26-15-9-16(20-10-19-15)27(24,25)22-18(23)21-17-13-6-2-4-11(13)8-12-5-3-7-14(12)17;/h8-10H,2-7H2,1H3,(H2,21,22,23);. The first-order valence-corrected chi connectivity index (χ1v) is 10.3. The van der Waals surface area contributed by atoms with Gasteiger partial charge in [0.25, 0.3) is 10.0 Å². The summed E-state index contributed by atoms with van der Waals surface area (Å²) < 4.78 is 31.8. The van der Waals surface area contributed by atoms with E-state index < -0.39 is 16.1 Å². The van der Waals surface area contributed by atoms with Crippen LogP contribution in [0.15, 0.2) is 23.5 Å². The van der Waals surface area contributed by atoms with Crippen molar-refractivity contribution in [1.82, 2.24) is 14.7 Å². The van der Waals surface area contributed by atoms with E-state index in [0.717, 1.165) is 67.7 Å². The number of methoxy groups -OCH3 is 1. The van der Waals surface area contributed by atoms with Gasteiger partial charge in [0.05, 0.1) is 7.11 Å². The molecule has 0 unspecified atom stereocenters. The monoisotopic (exact) mass is 427 g/mol. The van der Waals surface area contributed by atoms with E-state index in [2.05, 4.69) is 21.4 Å². The van der Waals surface area contributed by atoms with Crippen LogP contribution in [0.25, 0.3) is 0 Å². The molecule has 2 amide bonds. The Morgan fingerprint density at radius 1 is 1.04 bits per heavy atom. The summed E-state index contributed by atoms with van der Waals surface area (Å²) in [5.74, 6) is 0.101. The smallest absolute Gasteiger partial charge is 0.333 e. The normalized spacial score (nSPS) is 14.6. The van der Waals surface area contributed by atoms with E-state index in [0.29, 0.717) is 0 Å². The van der Waals surface area contributed by atoms with Crippen molar-refractivity contribution in [2.24, 2.45) is 0 Å². The molecule has 0 saturated heterocycles. The first-order chi connectivity index (χ1) is 13.0. The summed E-state index contributed by atoms with van der Waals surface area (Å²) >= 11 is 0. The van der Waals surface area contributed by atoms with Crippen LogP contribution >= 0.6 is 0 Å². The first-order valence-electron chi connectivity index (χ1n) is 8.84. The minimum Gasteiger partial charge on any atom is -0.481 e. The van der Waals surface area contributed by atoms with E-state index in [9.17, 15) is 13.2 Å². The Bertz CT molecular complexity index is 994. The number of hydrogen-bond acceptors (Lipinski definition) is 6. The van der Waals surface area contributed by atoms with Gasteiger partial charge in [0.15, 0.2) is 5.03 Å². The van der Waals surface area contributed by atoms with Crippen LogP contribution in [0.4, 0.5) is 10.5 Å². The number of rotatable bonds is 4. The second-order valence-electron chi connectivity index (χ2n) is 6.69. The number of ether oxygens (including phenoxy) is 1. The molecule has 1 radical (unpaired) electrons. The fourth-order valence-corrected chi connectivity index (χ4v) is 4.70. The molecule has 0 aliphatic heterocycles. The van der Waals surface area contributed by atoms with Crippen molar-refractivity contribution in [2.45, 2.75) is 43.6 Å². The van der Waals surface area contributed by atoms with Crippen LogP contribution in [-0.4, -0.2) is 82.9 Å². The number of anilines is 1. The molecule has 1 aromatic heterocycles. The van der Waals surface area contributed by atoms with Crippen molar-refractivity contribution in [2.75, 3.05) is 12.4 Å². The fourth-order valence-electron chi connectivity index (χ4n) is 3.86. The molecule has 10 heteroatoms. The van der Waals surface area contributed by atoms with E-state index >= 15 is 0 Å². The third kappa shape index (κ3) is 4.26. The molecule has 4 rings (SSSR count). The molecule has 8 nitrogen and oxygen atoms in total. The van der Waals surface area contributed by atoms with Crippen molar-refractivity contribution in [3.8, 4) is 5.88 Å². The predicted octanol–water partition coefficient (Wildman–Crippen LogP) is 1.59. The van der Waals surface area contributed by atoms with E-state index in [-0.39, 0.29) is 62.3 Å². The average Bonchev–Trinajstić information content (AvgIpc) is 3.30. The van der Waals surface area contributed by atoms with Gasteiger partial charge >= 0.3 is 6.03 Å². The quantitative estimate of drug-likeness (QED) is 0.566. The van der Waals surface area contributed by atoms with Gasteiger partial charge in [0.1, 0.15) is 6.33 Å². The van der Waals surface area contributed by atoms with Crippen molar-refractivity contribution in [3.05, 3.63) is 40.7 Å². The number of fused-ring (bicyclic) bond motifs is 2.